The van der Waals surface area contributed by atoms with Gasteiger partial charge in [-0.05, 0) is 25.5 Å². The minimum Gasteiger partial charge on any atom is -0.353 e. The zero-order valence-electron chi connectivity index (χ0n) is 15.0. The van der Waals surface area contributed by atoms with Crippen LogP contribution in [0, 0.1) is 13.8 Å². The predicted molar refractivity (Wildman–Crippen MR) is 99.2 cm³/mol. The second-order valence-electron chi connectivity index (χ2n) is 6.90. The first-order valence-electron chi connectivity index (χ1n) is 8.77. The van der Waals surface area contributed by atoms with E-state index in [9.17, 15) is 8.42 Å². The lowest BCUT2D eigenvalue weighted by atomic mass is 10.1. The molecule has 0 amide bonds. The molecular weight excluding hydrogens is 352 g/mol. The third-order valence-corrected chi connectivity index (χ3v) is 6.76. The predicted octanol–water partition coefficient (Wildman–Crippen LogP) is 0.681. The van der Waals surface area contributed by atoms with Crippen molar-refractivity contribution in [3.05, 3.63) is 34.9 Å². The van der Waals surface area contributed by atoms with Gasteiger partial charge in [0.25, 0.3) is 0 Å². The topological polar surface area (TPSA) is 92.2 Å². The maximum Gasteiger partial charge on any atom is 0.154 e. The summed E-state index contributed by atoms with van der Waals surface area (Å²) >= 11 is 0. The second kappa shape index (κ2) is 6.46. The van der Waals surface area contributed by atoms with Gasteiger partial charge in [-0.2, -0.15) is 5.10 Å². The van der Waals surface area contributed by atoms with Gasteiger partial charge in [0.2, 0.25) is 0 Å². The van der Waals surface area contributed by atoms with E-state index >= 15 is 0 Å². The van der Waals surface area contributed by atoms with Crippen molar-refractivity contribution in [2.24, 2.45) is 0 Å². The van der Waals surface area contributed by atoms with Crippen LogP contribution in [0.5, 0.6) is 0 Å². The largest absolute Gasteiger partial charge is 0.353 e. The first-order chi connectivity index (χ1) is 12.4. The maximum absolute atomic E-state index is 11.9. The molecule has 2 aromatic heterocycles. The second-order valence-corrected chi connectivity index (χ2v) is 9.08. The summed E-state index contributed by atoms with van der Waals surface area (Å²) in [6.45, 7) is 7.29. The van der Waals surface area contributed by atoms with Crippen molar-refractivity contribution >= 4 is 21.5 Å². The molecule has 0 N–H and O–H groups in total. The van der Waals surface area contributed by atoms with Gasteiger partial charge in [-0.1, -0.05) is 0 Å². The molecule has 0 saturated carbocycles. The van der Waals surface area contributed by atoms with E-state index in [4.69, 9.17) is 0 Å². The van der Waals surface area contributed by atoms with E-state index in [2.05, 4.69) is 30.0 Å². The Morgan fingerprint density at radius 1 is 1.00 bits per heavy atom. The fourth-order valence-corrected chi connectivity index (χ4v) is 4.86. The standard InChI is InChI=1S/C17H22N6O2S/c1-12-13(2)18-11-19-17(12)23-6-4-22(5-7-23)16-9-14-10-26(24,25)8-3-15(14)20-21-16/h9,11H,3-8,10H2,1-2H3. The summed E-state index contributed by atoms with van der Waals surface area (Å²) in [5, 5.41) is 8.60. The molecule has 0 spiro atoms. The van der Waals surface area contributed by atoms with E-state index in [1.54, 1.807) is 6.33 Å². The lowest BCUT2D eigenvalue weighted by Crippen LogP contribution is -2.47. The van der Waals surface area contributed by atoms with Crippen LogP contribution in [0.4, 0.5) is 11.6 Å². The summed E-state index contributed by atoms with van der Waals surface area (Å²) in [6.07, 6.45) is 2.07. The number of anilines is 2. The molecule has 0 atom stereocenters. The van der Waals surface area contributed by atoms with Gasteiger partial charge in [0, 0.05) is 43.9 Å². The van der Waals surface area contributed by atoms with Crippen LogP contribution in [0.3, 0.4) is 0 Å². The van der Waals surface area contributed by atoms with E-state index in [1.165, 1.54) is 0 Å². The molecule has 9 heteroatoms. The van der Waals surface area contributed by atoms with E-state index in [1.807, 2.05) is 19.9 Å². The molecule has 138 valence electrons. The van der Waals surface area contributed by atoms with Crippen molar-refractivity contribution in [1.82, 2.24) is 20.2 Å². The monoisotopic (exact) mass is 374 g/mol. The van der Waals surface area contributed by atoms with Gasteiger partial charge in [0.05, 0.1) is 17.2 Å². The molecule has 0 unspecified atom stereocenters. The zero-order chi connectivity index (χ0) is 18.3. The van der Waals surface area contributed by atoms with Crippen molar-refractivity contribution in [2.75, 3.05) is 41.7 Å². The number of aromatic nitrogens is 4. The Hall–Kier alpha value is -2.29. The molecule has 4 rings (SSSR count). The Labute approximate surface area is 153 Å². The van der Waals surface area contributed by atoms with Gasteiger partial charge < -0.3 is 9.80 Å². The highest BCUT2D eigenvalue weighted by Gasteiger charge is 2.26. The van der Waals surface area contributed by atoms with Crippen LogP contribution in [0.2, 0.25) is 0 Å². The molecule has 0 aromatic carbocycles. The van der Waals surface area contributed by atoms with Crippen LogP contribution in [-0.2, 0) is 22.0 Å². The average molecular weight is 374 g/mol. The van der Waals surface area contributed by atoms with E-state index < -0.39 is 9.84 Å². The fourth-order valence-electron chi connectivity index (χ4n) is 3.49. The van der Waals surface area contributed by atoms with Gasteiger partial charge >= 0.3 is 0 Å². The Kier molecular flexibility index (Phi) is 4.26. The molecule has 4 heterocycles. The Morgan fingerprint density at radius 3 is 2.50 bits per heavy atom. The van der Waals surface area contributed by atoms with Crippen molar-refractivity contribution in [1.29, 1.82) is 0 Å². The highest BCUT2D eigenvalue weighted by Crippen LogP contribution is 2.24. The molecule has 1 saturated heterocycles. The van der Waals surface area contributed by atoms with Crippen molar-refractivity contribution in [3.63, 3.8) is 0 Å². The first-order valence-corrected chi connectivity index (χ1v) is 10.6. The molecule has 0 bridgehead atoms. The van der Waals surface area contributed by atoms with Crippen LogP contribution in [0.1, 0.15) is 22.5 Å². The molecule has 2 aliphatic heterocycles. The molecule has 0 radical (unpaired) electrons. The summed E-state index contributed by atoms with van der Waals surface area (Å²) in [5.41, 5.74) is 3.72. The number of nitrogens with zero attached hydrogens (tertiary/aromatic N) is 6. The van der Waals surface area contributed by atoms with Crippen molar-refractivity contribution < 1.29 is 8.42 Å². The van der Waals surface area contributed by atoms with Gasteiger partial charge in [-0.15, -0.1) is 5.10 Å². The van der Waals surface area contributed by atoms with E-state index in [0.717, 1.165) is 60.3 Å². The number of hydrogen-bond donors (Lipinski definition) is 0. The zero-order valence-corrected chi connectivity index (χ0v) is 15.8. The first kappa shape index (κ1) is 17.1. The highest BCUT2D eigenvalue weighted by atomic mass is 32.2. The van der Waals surface area contributed by atoms with Gasteiger partial charge in [0.1, 0.15) is 12.1 Å². The minimum atomic E-state index is -3.01. The number of sulfone groups is 1. The Bertz CT molecular complexity index is 938. The molecule has 2 aromatic rings. The maximum atomic E-state index is 11.9. The van der Waals surface area contributed by atoms with Crippen LogP contribution in [0.15, 0.2) is 12.4 Å². The quantitative estimate of drug-likeness (QED) is 0.758. The SMILES string of the molecule is Cc1ncnc(N2CCN(c3cc4c(nn3)CCS(=O)(=O)C4)CC2)c1C. The van der Waals surface area contributed by atoms with E-state index in [-0.39, 0.29) is 11.5 Å². The van der Waals surface area contributed by atoms with Gasteiger partial charge in [0.15, 0.2) is 15.7 Å². The van der Waals surface area contributed by atoms with Gasteiger partial charge in [-0.25, -0.2) is 18.4 Å². The third-order valence-electron chi connectivity index (χ3n) is 5.19. The molecule has 26 heavy (non-hydrogen) atoms. The van der Waals surface area contributed by atoms with Crippen molar-refractivity contribution in [3.8, 4) is 0 Å². The van der Waals surface area contributed by atoms with Crippen LogP contribution < -0.4 is 9.80 Å². The third kappa shape index (κ3) is 3.23. The molecule has 1 fully saturated rings. The molecule has 8 nitrogen and oxygen atoms in total. The lowest BCUT2D eigenvalue weighted by Gasteiger charge is -2.36. The number of aryl methyl sites for hydroxylation is 2. The highest BCUT2D eigenvalue weighted by molar-refractivity contribution is 7.90. The normalized spacial score (nSPS) is 19.3. The van der Waals surface area contributed by atoms with Crippen LogP contribution in [-0.4, -0.2) is 60.5 Å². The minimum absolute atomic E-state index is 0.0736. The lowest BCUT2D eigenvalue weighted by molar-refractivity contribution is 0.589. The smallest absolute Gasteiger partial charge is 0.154 e. The molecule has 0 aliphatic carbocycles. The van der Waals surface area contributed by atoms with E-state index in [0.29, 0.717) is 6.42 Å². The number of fused-ring (bicyclic) bond motifs is 1. The summed E-state index contributed by atoms with van der Waals surface area (Å²) in [6, 6.07) is 1.90. The fraction of sp³-hybridized carbons (Fsp3) is 0.529. The summed E-state index contributed by atoms with van der Waals surface area (Å²) < 4.78 is 23.8. The van der Waals surface area contributed by atoms with Crippen LogP contribution in [0.25, 0.3) is 0 Å². The molecular formula is C17H22N6O2S. The summed E-state index contributed by atoms with van der Waals surface area (Å²) in [7, 11) is -3.01. The van der Waals surface area contributed by atoms with Crippen molar-refractivity contribution in [2.45, 2.75) is 26.0 Å². The average Bonchev–Trinajstić information content (AvgIpc) is 2.63. The Balaban J connectivity index is 1.49. The van der Waals surface area contributed by atoms with Gasteiger partial charge in [-0.3, -0.25) is 0 Å². The molecule has 2 aliphatic rings. The number of piperazine rings is 1. The number of rotatable bonds is 2. The number of hydrogen-bond acceptors (Lipinski definition) is 8. The Morgan fingerprint density at radius 2 is 1.73 bits per heavy atom. The summed E-state index contributed by atoms with van der Waals surface area (Å²) in [5.74, 6) is 1.99. The van der Waals surface area contributed by atoms with Crippen LogP contribution >= 0.6 is 0 Å². The summed E-state index contributed by atoms with van der Waals surface area (Å²) in [4.78, 5) is 13.1.